The molecule has 1 rings (SSSR count). The predicted octanol–water partition coefficient (Wildman–Crippen LogP) is 1.03. The van der Waals surface area contributed by atoms with Gasteiger partial charge in [-0.05, 0) is 19.3 Å². The molecule has 0 aliphatic heterocycles. The van der Waals surface area contributed by atoms with E-state index in [1.54, 1.807) is 0 Å². The zero-order chi connectivity index (χ0) is 10.6. The Morgan fingerprint density at radius 2 is 2.07 bits per heavy atom. The molecule has 1 fully saturated rings. The van der Waals surface area contributed by atoms with Crippen molar-refractivity contribution in [1.29, 1.82) is 0 Å². The van der Waals surface area contributed by atoms with Crippen LogP contribution in [0.15, 0.2) is 0 Å². The van der Waals surface area contributed by atoms with Crippen LogP contribution >= 0.6 is 0 Å². The number of hydrogen-bond donors (Lipinski definition) is 2. The minimum absolute atomic E-state index is 0.217. The third kappa shape index (κ3) is 2.45. The molecule has 1 unspecified atom stereocenters. The molecule has 0 heterocycles. The van der Waals surface area contributed by atoms with E-state index in [2.05, 4.69) is 0 Å². The summed E-state index contributed by atoms with van der Waals surface area (Å²) in [7, 11) is 1.51. The molecule has 1 aliphatic carbocycles. The summed E-state index contributed by atoms with van der Waals surface area (Å²) in [5.74, 6) is -0.773. The van der Waals surface area contributed by atoms with Gasteiger partial charge in [0.2, 0.25) is 0 Å². The molecule has 1 atom stereocenters. The van der Waals surface area contributed by atoms with Gasteiger partial charge in [0.15, 0.2) is 0 Å². The van der Waals surface area contributed by atoms with Crippen molar-refractivity contribution in [3.05, 3.63) is 0 Å². The summed E-state index contributed by atoms with van der Waals surface area (Å²) in [5, 5.41) is 18.7. The molecule has 0 radical (unpaired) electrons. The van der Waals surface area contributed by atoms with E-state index >= 15 is 0 Å². The molecular weight excluding hydrogens is 184 g/mol. The number of aliphatic hydroxyl groups excluding tert-OH is 1. The molecule has 82 valence electrons. The molecule has 4 nitrogen and oxygen atoms in total. The van der Waals surface area contributed by atoms with Gasteiger partial charge in [0.05, 0.1) is 18.1 Å². The maximum atomic E-state index is 11.1. The standard InChI is InChI=1S/C10H18O4/c1-14-7-8(11)6-10(9(12)13)4-2-3-5-10/h8,11H,2-7H2,1H3,(H,12,13). The van der Waals surface area contributed by atoms with Crippen molar-refractivity contribution in [1.82, 2.24) is 0 Å². The molecule has 14 heavy (non-hydrogen) atoms. The van der Waals surface area contributed by atoms with Gasteiger partial charge in [-0.3, -0.25) is 4.79 Å². The SMILES string of the molecule is COCC(O)CC1(C(=O)O)CCCC1. The topological polar surface area (TPSA) is 66.8 Å². The largest absolute Gasteiger partial charge is 0.481 e. The zero-order valence-corrected chi connectivity index (χ0v) is 8.53. The van der Waals surface area contributed by atoms with E-state index in [4.69, 9.17) is 9.84 Å². The molecule has 0 aromatic carbocycles. The van der Waals surface area contributed by atoms with Crippen molar-refractivity contribution in [2.75, 3.05) is 13.7 Å². The molecular formula is C10H18O4. The van der Waals surface area contributed by atoms with Gasteiger partial charge in [-0.15, -0.1) is 0 Å². The van der Waals surface area contributed by atoms with Crippen LogP contribution in [0.5, 0.6) is 0 Å². The molecule has 0 amide bonds. The van der Waals surface area contributed by atoms with Crippen LogP contribution in [0, 0.1) is 5.41 Å². The lowest BCUT2D eigenvalue weighted by Gasteiger charge is -2.26. The highest BCUT2D eigenvalue weighted by Crippen LogP contribution is 2.42. The van der Waals surface area contributed by atoms with Gasteiger partial charge >= 0.3 is 5.97 Å². The third-order valence-electron chi connectivity index (χ3n) is 3.00. The van der Waals surface area contributed by atoms with Crippen LogP contribution in [-0.4, -0.2) is 36.0 Å². The smallest absolute Gasteiger partial charge is 0.309 e. The normalized spacial score (nSPS) is 22.1. The van der Waals surface area contributed by atoms with Crippen molar-refractivity contribution in [2.45, 2.75) is 38.2 Å². The van der Waals surface area contributed by atoms with Crippen molar-refractivity contribution in [2.24, 2.45) is 5.41 Å². The molecule has 0 saturated heterocycles. The average molecular weight is 202 g/mol. The first kappa shape index (κ1) is 11.5. The van der Waals surface area contributed by atoms with Gasteiger partial charge in [-0.1, -0.05) is 12.8 Å². The first-order valence-electron chi connectivity index (χ1n) is 5.01. The van der Waals surface area contributed by atoms with Crippen molar-refractivity contribution in [3.63, 3.8) is 0 Å². The number of rotatable bonds is 5. The molecule has 0 aromatic heterocycles. The average Bonchev–Trinajstić information content (AvgIpc) is 2.54. The summed E-state index contributed by atoms with van der Waals surface area (Å²) in [4.78, 5) is 11.1. The number of carboxylic acids is 1. The van der Waals surface area contributed by atoms with E-state index in [0.717, 1.165) is 12.8 Å². The molecule has 4 heteroatoms. The number of aliphatic carboxylic acids is 1. The fourth-order valence-electron chi connectivity index (χ4n) is 2.26. The Morgan fingerprint density at radius 3 is 2.50 bits per heavy atom. The number of carbonyl (C=O) groups is 1. The van der Waals surface area contributed by atoms with Gasteiger partial charge < -0.3 is 14.9 Å². The summed E-state index contributed by atoms with van der Waals surface area (Å²) in [6, 6.07) is 0. The van der Waals surface area contributed by atoms with Crippen LogP contribution in [-0.2, 0) is 9.53 Å². The Hall–Kier alpha value is -0.610. The van der Waals surface area contributed by atoms with Gasteiger partial charge in [-0.2, -0.15) is 0 Å². The number of ether oxygens (including phenoxy) is 1. The zero-order valence-electron chi connectivity index (χ0n) is 8.53. The highest BCUT2D eigenvalue weighted by Gasteiger charge is 2.42. The lowest BCUT2D eigenvalue weighted by atomic mass is 9.81. The second kappa shape index (κ2) is 4.75. The van der Waals surface area contributed by atoms with Crippen LogP contribution in [0.3, 0.4) is 0 Å². The summed E-state index contributed by atoms with van der Waals surface area (Å²) in [6.45, 7) is 0.217. The Morgan fingerprint density at radius 1 is 1.50 bits per heavy atom. The van der Waals surface area contributed by atoms with E-state index in [9.17, 15) is 9.90 Å². The Bertz CT molecular complexity index is 196. The maximum absolute atomic E-state index is 11.1. The fraction of sp³-hybridized carbons (Fsp3) is 0.900. The second-order valence-corrected chi connectivity index (χ2v) is 4.11. The first-order valence-corrected chi connectivity index (χ1v) is 5.01. The number of methoxy groups -OCH3 is 1. The lowest BCUT2D eigenvalue weighted by molar-refractivity contribution is -0.151. The Balaban J connectivity index is 2.55. The molecule has 0 spiro atoms. The summed E-state index contributed by atoms with van der Waals surface area (Å²) in [5.41, 5.74) is -0.696. The molecule has 2 N–H and O–H groups in total. The van der Waals surface area contributed by atoms with E-state index in [1.807, 2.05) is 0 Å². The van der Waals surface area contributed by atoms with E-state index < -0.39 is 17.5 Å². The summed E-state index contributed by atoms with van der Waals surface area (Å²) >= 11 is 0. The summed E-state index contributed by atoms with van der Waals surface area (Å²) < 4.78 is 4.80. The quantitative estimate of drug-likeness (QED) is 0.698. The minimum Gasteiger partial charge on any atom is -0.481 e. The maximum Gasteiger partial charge on any atom is 0.309 e. The third-order valence-corrected chi connectivity index (χ3v) is 3.00. The second-order valence-electron chi connectivity index (χ2n) is 4.11. The van der Waals surface area contributed by atoms with E-state index in [-0.39, 0.29) is 6.61 Å². The number of hydrogen-bond acceptors (Lipinski definition) is 3. The van der Waals surface area contributed by atoms with Crippen LogP contribution in [0.2, 0.25) is 0 Å². The highest BCUT2D eigenvalue weighted by atomic mass is 16.5. The number of carboxylic acid groups (broad SMARTS) is 1. The monoisotopic (exact) mass is 202 g/mol. The Kier molecular flexibility index (Phi) is 3.89. The van der Waals surface area contributed by atoms with Gasteiger partial charge in [0.25, 0.3) is 0 Å². The Labute approximate surface area is 83.9 Å². The minimum atomic E-state index is -0.773. The van der Waals surface area contributed by atoms with E-state index in [0.29, 0.717) is 19.3 Å². The molecule has 0 aromatic rings. The lowest BCUT2D eigenvalue weighted by Crippen LogP contribution is -2.33. The van der Waals surface area contributed by atoms with Crippen LogP contribution < -0.4 is 0 Å². The summed E-state index contributed by atoms with van der Waals surface area (Å²) in [6.07, 6.45) is 2.93. The molecule has 1 aliphatic rings. The van der Waals surface area contributed by atoms with Gasteiger partial charge in [0.1, 0.15) is 0 Å². The highest BCUT2D eigenvalue weighted by molar-refractivity contribution is 5.75. The van der Waals surface area contributed by atoms with Crippen LogP contribution in [0.25, 0.3) is 0 Å². The van der Waals surface area contributed by atoms with Gasteiger partial charge in [-0.25, -0.2) is 0 Å². The van der Waals surface area contributed by atoms with E-state index in [1.165, 1.54) is 7.11 Å². The van der Waals surface area contributed by atoms with Gasteiger partial charge in [0, 0.05) is 7.11 Å². The molecule has 0 bridgehead atoms. The van der Waals surface area contributed by atoms with Crippen molar-refractivity contribution in [3.8, 4) is 0 Å². The number of aliphatic hydroxyl groups is 1. The predicted molar refractivity (Wildman–Crippen MR) is 51.0 cm³/mol. The van der Waals surface area contributed by atoms with Crippen molar-refractivity contribution >= 4 is 5.97 Å². The van der Waals surface area contributed by atoms with Crippen molar-refractivity contribution < 1.29 is 19.7 Å². The van der Waals surface area contributed by atoms with Crippen LogP contribution in [0.1, 0.15) is 32.1 Å². The first-order chi connectivity index (χ1) is 6.60. The molecule has 1 saturated carbocycles. The van der Waals surface area contributed by atoms with Crippen LogP contribution in [0.4, 0.5) is 0 Å². The fourth-order valence-corrected chi connectivity index (χ4v) is 2.26.